The number of hydrogen-bond acceptors (Lipinski definition) is 6. The Morgan fingerprint density at radius 2 is 1.90 bits per heavy atom. The number of likely N-dealkylation sites (tertiary alicyclic amines) is 1. The lowest BCUT2D eigenvalue weighted by Crippen LogP contribution is -2.47. The molecular weight excluding hydrogens is 557 g/mol. The van der Waals surface area contributed by atoms with Gasteiger partial charge in [-0.05, 0) is 43.6 Å². The predicted octanol–water partition coefficient (Wildman–Crippen LogP) is 2.59. The average molecular weight is 591 g/mol. The van der Waals surface area contributed by atoms with Crippen LogP contribution in [0.3, 0.4) is 0 Å². The summed E-state index contributed by atoms with van der Waals surface area (Å²) in [4.78, 5) is 41.8. The van der Waals surface area contributed by atoms with Crippen LogP contribution in [0.4, 0.5) is 5.69 Å². The summed E-state index contributed by atoms with van der Waals surface area (Å²) in [6, 6.07) is 14.3. The molecule has 1 N–H and O–H groups in total. The van der Waals surface area contributed by atoms with Gasteiger partial charge < -0.3 is 28.5 Å². The van der Waals surface area contributed by atoms with Gasteiger partial charge in [0.2, 0.25) is 5.91 Å². The largest absolute Gasteiger partial charge is 0.554 e. The molecule has 0 aliphatic carbocycles. The van der Waals surface area contributed by atoms with Crippen LogP contribution in [0, 0.1) is 23.2 Å². The first-order valence-electron chi connectivity index (χ1n) is 13.0. The molecule has 40 heavy (non-hydrogen) atoms. The van der Waals surface area contributed by atoms with E-state index in [1.165, 1.54) is 12.0 Å². The van der Waals surface area contributed by atoms with Gasteiger partial charge in [0.05, 0.1) is 23.9 Å². The fourth-order valence-electron chi connectivity index (χ4n) is 5.05. The minimum atomic E-state index is -0.297. The zero-order valence-corrected chi connectivity index (χ0v) is 24.0. The average Bonchev–Trinajstić information content (AvgIpc) is 3.66. The standard InChI is InChI=1S/C29H32Cl2N3O6/c1-32(27(35)16-34-22-13-20(30)21(31)14-26(22)39-17-28(34)36)23(15-33-11-3-4-12-33)18-5-7-19(8-6-18)24-9-10-25(40-24)29(37)38-2/h5-10,13-14,23,31H,3-4,11-12,15-17,30H2,1-2H3/q+3/p+1. The van der Waals surface area contributed by atoms with Crippen molar-refractivity contribution in [2.24, 2.45) is 0 Å². The van der Waals surface area contributed by atoms with Crippen molar-refractivity contribution in [1.82, 2.24) is 9.80 Å². The number of benzene rings is 2. The van der Waals surface area contributed by atoms with Gasteiger partial charge >= 0.3 is 16.0 Å². The van der Waals surface area contributed by atoms with Crippen molar-refractivity contribution in [2.45, 2.75) is 18.9 Å². The van der Waals surface area contributed by atoms with Crippen LogP contribution in [0.5, 0.6) is 5.75 Å². The summed E-state index contributed by atoms with van der Waals surface area (Å²) in [5, 5.41) is 1.07. The van der Waals surface area contributed by atoms with E-state index in [-0.39, 0.29) is 42.7 Å². The molecule has 0 bridgehead atoms. The molecule has 210 valence electrons. The van der Waals surface area contributed by atoms with Gasteiger partial charge in [0, 0.05) is 30.8 Å². The zero-order valence-electron chi connectivity index (χ0n) is 22.3. The number of esters is 1. The summed E-state index contributed by atoms with van der Waals surface area (Å²) < 4.78 is 16.1. The lowest BCUT2D eigenvalue weighted by atomic mass is 10.0. The molecule has 1 fully saturated rings. The molecule has 0 spiro atoms. The molecule has 2 aromatic carbocycles. The molecule has 1 saturated heterocycles. The van der Waals surface area contributed by atoms with E-state index in [9.17, 15) is 14.4 Å². The number of methoxy groups -OCH3 is 1. The number of nitrogens with zero attached hydrogens (tertiary/aromatic N) is 3. The molecule has 1 aromatic heterocycles. The maximum Gasteiger partial charge on any atom is 0.554 e. The van der Waals surface area contributed by atoms with E-state index in [4.69, 9.17) is 25.5 Å². The Morgan fingerprint density at radius 1 is 1.18 bits per heavy atom. The molecule has 3 aromatic rings. The summed E-state index contributed by atoms with van der Waals surface area (Å²) in [5.41, 5.74) is 2.28. The third kappa shape index (κ3) is 5.82. The number of halogens is 2. The number of carbonyl (C=O) groups is 2. The topological polar surface area (TPSA) is 96.9 Å². The van der Waals surface area contributed by atoms with E-state index in [0.29, 0.717) is 33.8 Å². The van der Waals surface area contributed by atoms with Gasteiger partial charge in [-0.1, -0.05) is 24.3 Å². The summed E-state index contributed by atoms with van der Waals surface area (Å²) in [7, 11) is 3.15. The molecule has 3 heterocycles. The van der Waals surface area contributed by atoms with Crippen LogP contribution in [0.2, 0.25) is 10.0 Å². The van der Waals surface area contributed by atoms with Crippen LogP contribution in [0.1, 0.15) is 30.2 Å². The first-order chi connectivity index (χ1) is 19.2. The van der Waals surface area contributed by atoms with Gasteiger partial charge in [0.25, 0.3) is 11.7 Å². The molecule has 0 saturated carbocycles. The molecule has 9 nitrogen and oxygen atoms in total. The van der Waals surface area contributed by atoms with Crippen LogP contribution in [0.25, 0.3) is 11.3 Å². The Kier molecular flexibility index (Phi) is 8.35. The van der Waals surface area contributed by atoms with Crippen molar-refractivity contribution < 1.29 is 51.5 Å². The van der Waals surface area contributed by atoms with E-state index in [1.54, 1.807) is 36.2 Å². The molecule has 2 amide bonds. The molecule has 1 atom stereocenters. The number of hydrogen-bond donors (Lipinski definition) is 0. The third-order valence-corrected chi connectivity index (χ3v) is 8.22. The SMILES string of the molecule is COC(=[OH+])c1ccc(-c2ccc(C(CN3CCCC3)N(C)C(=O)CN3C(=O)COc4cc([ClH+])c([ClH2+2])cc43)cc2)o1. The van der Waals surface area contributed by atoms with E-state index < -0.39 is 0 Å². The number of fused-ring (bicyclic) bond motifs is 1. The Balaban J connectivity index is 1.38. The maximum absolute atomic E-state index is 13.7. The highest BCUT2D eigenvalue weighted by Crippen LogP contribution is 2.36. The normalized spacial score (nSPS) is 15.9. The van der Waals surface area contributed by atoms with Gasteiger partial charge in [-0.25, -0.2) is 0 Å². The fourth-order valence-corrected chi connectivity index (χ4v) is 5.40. The highest BCUT2D eigenvalue weighted by molar-refractivity contribution is 6.02. The van der Waals surface area contributed by atoms with Crippen LogP contribution in [0.15, 0.2) is 52.9 Å². The number of carbonyl (C=O) groups excluding carboxylic acids is 3. The summed E-state index contributed by atoms with van der Waals surface area (Å²) in [6.45, 7) is 2.36. The Morgan fingerprint density at radius 3 is 2.60 bits per heavy atom. The third-order valence-electron chi connectivity index (χ3n) is 7.36. The monoisotopic (exact) mass is 589 g/mol. The minimum Gasteiger partial charge on any atom is -0.481 e. The van der Waals surface area contributed by atoms with E-state index in [0.717, 1.165) is 37.1 Å². The number of ether oxygens (including phenoxy) is 2. The molecule has 11 heteroatoms. The smallest absolute Gasteiger partial charge is 0.481 e. The Labute approximate surface area is 242 Å². The van der Waals surface area contributed by atoms with Crippen molar-refractivity contribution >= 4 is 23.5 Å². The van der Waals surface area contributed by atoms with Crippen molar-refractivity contribution in [3.63, 3.8) is 0 Å². The van der Waals surface area contributed by atoms with Crippen molar-refractivity contribution in [3.8, 4) is 17.1 Å². The van der Waals surface area contributed by atoms with Crippen molar-refractivity contribution in [1.29, 1.82) is 0 Å². The quantitative estimate of drug-likeness (QED) is 0.296. The van der Waals surface area contributed by atoms with Crippen LogP contribution < -0.4 is 9.64 Å². The molecular formula is C29H33Cl2N3O6+4. The van der Waals surface area contributed by atoms with Gasteiger partial charge in [-0.2, -0.15) is 0 Å². The minimum absolute atomic E-state index is 0.126. The Bertz CT molecular complexity index is 1420. The van der Waals surface area contributed by atoms with Gasteiger partial charge in [0.15, 0.2) is 25.3 Å². The van der Waals surface area contributed by atoms with E-state index >= 15 is 0 Å². The van der Waals surface area contributed by atoms with Crippen molar-refractivity contribution in [3.05, 3.63) is 69.9 Å². The fraction of sp³-hybridized carbons (Fsp3) is 0.345. The van der Waals surface area contributed by atoms with Gasteiger partial charge in [-0.15, -0.1) is 0 Å². The second kappa shape index (κ2) is 11.9. The van der Waals surface area contributed by atoms with E-state index in [2.05, 4.69) is 16.5 Å². The molecule has 5 rings (SSSR count). The summed E-state index contributed by atoms with van der Waals surface area (Å²) in [5.74, 6) is 0.519. The molecule has 2 aliphatic rings. The maximum atomic E-state index is 13.7. The number of anilines is 1. The van der Waals surface area contributed by atoms with E-state index in [1.807, 2.05) is 24.3 Å². The molecule has 2 aliphatic heterocycles. The Hall–Kier alpha value is -3.53. The second-order valence-corrected chi connectivity index (χ2v) is 10.8. The lowest BCUT2D eigenvalue weighted by molar-refractivity contribution is -0.345. The van der Waals surface area contributed by atoms with Crippen LogP contribution in [-0.2, 0) is 14.3 Å². The zero-order chi connectivity index (χ0) is 28.4. The van der Waals surface area contributed by atoms with Gasteiger partial charge in [-0.3, -0.25) is 14.5 Å². The molecule has 0 radical (unpaired) electrons. The second-order valence-electron chi connectivity index (χ2n) is 9.88. The molecule has 1 unspecified atom stereocenters. The lowest BCUT2D eigenvalue weighted by Gasteiger charge is -2.34. The van der Waals surface area contributed by atoms with Crippen LogP contribution >= 0.6 is 0 Å². The first-order valence-corrected chi connectivity index (χ1v) is 13.9. The first kappa shape index (κ1) is 28.0. The summed E-state index contributed by atoms with van der Waals surface area (Å²) >= 11 is 9.69. The van der Waals surface area contributed by atoms with Crippen molar-refractivity contribution in [2.75, 3.05) is 51.8 Å². The number of likely N-dealkylation sites (N-methyl/N-ethyl adjacent to an activating group) is 1. The highest BCUT2D eigenvalue weighted by Gasteiger charge is 2.34. The predicted molar refractivity (Wildman–Crippen MR) is 145 cm³/mol. The number of amides is 2. The number of furan rings is 1. The summed E-state index contributed by atoms with van der Waals surface area (Å²) in [6.07, 6.45) is 2.26. The number of rotatable bonds is 8. The highest BCUT2D eigenvalue weighted by atomic mass is 35.5. The van der Waals surface area contributed by atoms with Gasteiger partial charge in [0.1, 0.15) is 18.1 Å². The van der Waals surface area contributed by atoms with Crippen LogP contribution in [-0.4, -0.2) is 79.3 Å².